The van der Waals surface area contributed by atoms with Gasteiger partial charge in [0.05, 0.1) is 18.9 Å². The summed E-state index contributed by atoms with van der Waals surface area (Å²) < 4.78 is 15.5. The van der Waals surface area contributed by atoms with E-state index in [1.807, 2.05) is 0 Å². The van der Waals surface area contributed by atoms with Gasteiger partial charge in [-0.25, -0.2) is 4.98 Å². The molecule has 128 valence electrons. The second-order valence-corrected chi connectivity index (χ2v) is 5.76. The van der Waals surface area contributed by atoms with Crippen molar-refractivity contribution >= 4 is 5.91 Å². The van der Waals surface area contributed by atoms with Gasteiger partial charge >= 0.3 is 0 Å². The normalized spacial score (nSPS) is 17.0. The topological polar surface area (TPSA) is 94.5 Å². The zero-order valence-electron chi connectivity index (χ0n) is 13.6. The first-order valence-electron chi connectivity index (χ1n) is 7.91. The maximum Gasteiger partial charge on any atom is 0.293 e. The average molecular weight is 340 g/mol. The Hall–Kier alpha value is -3.16. The highest BCUT2D eigenvalue weighted by molar-refractivity contribution is 5.94. The molecule has 8 nitrogen and oxygen atoms in total. The van der Waals surface area contributed by atoms with E-state index in [9.17, 15) is 4.79 Å². The van der Waals surface area contributed by atoms with E-state index in [1.165, 1.54) is 13.3 Å². The van der Waals surface area contributed by atoms with Crippen molar-refractivity contribution in [1.82, 2.24) is 20.0 Å². The highest BCUT2D eigenvalue weighted by Gasteiger charge is 2.31. The van der Waals surface area contributed by atoms with Crippen molar-refractivity contribution in [2.45, 2.75) is 12.3 Å². The molecule has 0 aliphatic carbocycles. The number of amides is 1. The Morgan fingerprint density at radius 2 is 2.28 bits per heavy atom. The molecule has 0 aromatic carbocycles. The third-order valence-electron chi connectivity index (χ3n) is 4.21. The number of furan rings is 1. The lowest BCUT2D eigenvalue weighted by Crippen LogP contribution is -2.28. The summed E-state index contributed by atoms with van der Waals surface area (Å²) in [4.78, 5) is 22.8. The van der Waals surface area contributed by atoms with E-state index in [4.69, 9.17) is 13.7 Å². The quantitative estimate of drug-likeness (QED) is 0.719. The molecule has 1 saturated heterocycles. The van der Waals surface area contributed by atoms with Crippen molar-refractivity contribution in [1.29, 1.82) is 0 Å². The third kappa shape index (κ3) is 2.98. The first kappa shape index (κ1) is 15.4. The van der Waals surface area contributed by atoms with Crippen LogP contribution in [0.25, 0.3) is 11.7 Å². The van der Waals surface area contributed by atoms with Gasteiger partial charge in [-0.1, -0.05) is 5.16 Å². The van der Waals surface area contributed by atoms with Crippen LogP contribution in [0.4, 0.5) is 0 Å². The summed E-state index contributed by atoms with van der Waals surface area (Å²) in [5.41, 5.74) is 0.533. The third-order valence-corrected chi connectivity index (χ3v) is 4.21. The highest BCUT2D eigenvalue weighted by atomic mass is 16.5. The zero-order chi connectivity index (χ0) is 17.2. The number of carbonyl (C=O) groups excluding carboxylic acids is 1. The molecular formula is C17H16N4O4. The Labute approximate surface area is 143 Å². The van der Waals surface area contributed by atoms with Crippen LogP contribution in [0.1, 0.15) is 28.5 Å². The number of likely N-dealkylation sites (tertiary alicyclic amines) is 1. The second kappa shape index (κ2) is 6.39. The lowest BCUT2D eigenvalue weighted by atomic mass is 10.1. The molecule has 4 heterocycles. The van der Waals surface area contributed by atoms with Crippen LogP contribution in [0.2, 0.25) is 0 Å². The molecule has 1 aliphatic heterocycles. The molecule has 1 aliphatic rings. The molecule has 1 atom stereocenters. The second-order valence-electron chi connectivity index (χ2n) is 5.76. The maximum absolute atomic E-state index is 12.6. The van der Waals surface area contributed by atoms with Gasteiger partial charge in [-0.2, -0.15) is 4.98 Å². The van der Waals surface area contributed by atoms with Gasteiger partial charge in [0.25, 0.3) is 11.8 Å². The highest BCUT2D eigenvalue weighted by Crippen LogP contribution is 2.28. The molecule has 0 N–H and O–H groups in total. The van der Waals surface area contributed by atoms with Crippen LogP contribution in [0.15, 0.2) is 45.7 Å². The van der Waals surface area contributed by atoms with E-state index in [0.29, 0.717) is 42.0 Å². The molecule has 3 aromatic rings. The zero-order valence-corrected chi connectivity index (χ0v) is 13.6. The minimum atomic E-state index is -0.0626. The fourth-order valence-corrected chi connectivity index (χ4v) is 2.87. The lowest BCUT2D eigenvalue weighted by Gasteiger charge is -2.15. The van der Waals surface area contributed by atoms with Crippen LogP contribution in [-0.4, -0.2) is 46.1 Å². The van der Waals surface area contributed by atoms with Gasteiger partial charge in [0.15, 0.2) is 11.6 Å². The van der Waals surface area contributed by atoms with Gasteiger partial charge < -0.3 is 18.6 Å². The number of methoxy groups -OCH3 is 1. The summed E-state index contributed by atoms with van der Waals surface area (Å²) in [5.74, 6) is 1.94. The molecule has 1 amide bonds. The molecule has 3 aromatic heterocycles. The summed E-state index contributed by atoms with van der Waals surface area (Å²) in [7, 11) is 1.54. The van der Waals surface area contributed by atoms with E-state index >= 15 is 0 Å². The number of hydrogen-bond donors (Lipinski definition) is 0. The van der Waals surface area contributed by atoms with Crippen LogP contribution < -0.4 is 4.74 Å². The van der Waals surface area contributed by atoms with Crippen molar-refractivity contribution in [2.24, 2.45) is 0 Å². The van der Waals surface area contributed by atoms with Crippen molar-refractivity contribution in [3.05, 3.63) is 48.1 Å². The predicted octanol–water partition coefficient (Wildman–Crippen LogP) is 2.36. The van der Waals surface area contributed by atoms with Gasteiger partial charge in [-0.3, -0.25) is 4.79 Å². The Kier molecular flexibility index (Phi) is 3.93. The summed E-state index contributed by atoms with van der Waals surface area (Å²) in [6.45, 7) is 1.18. The van der Waals surface area contributed by atoms with E-state index in [-0.39, 0.29) is 11.8 Å². The van der Waals surface area contributed by atoms with Gasteiger partial charge in [-0.15, -0.1) is 0 Å². The summed E-state index contributed by atoms with van der Waals surface area (Å²) in [5, 5.41) is 4.03. The largest absolute Gasteiger partial charge is 0.481 e. The van der Waals surface area contributed by atoms with E-state index in [1.54, 1.807) is 35.4 Å². The molecule has 0 unspecified atom stereocenters. The van der Waals surface area contributed by atoms with Crippen LogP contribution in [-0.2, 0) is 0 Å². The predicted molar refractivity (Wildman–Crippen MR) is 86.1 cm³/mol. The smallest absolute Gasteiger partial charge is 0.293 e. The van der Waals surface area contributed by atoms with Crippen LogP contribution in [0, 0.1) is 0 Å². The minimum absolute atomic E-state index is 0.0441. The van der Waals surface area contributed by atoms with Gasteiger partial charge in [0.2, 0.25) is 5.88 Å². The maximum atomic E-state index is 12.6. The lowest BCUT2D eigenvalue weighted by molar-refractivity contribution is 0.0790. The van der Waals surface area contributed by atoms with Crippen LogP contribution in [0.3, 0.4) is 0 Å². The fourth-order valence-electron chi connectivity index (χ4n) is 2.87. The van der Waals surface area contributed by atoms with Gasteiger partial charge in [-0.05, 0) is 24.6 Å². The SMILES string of the molecule is COc1ccc(C(=O)N2CC[C@H](c3noc(-c4ccco4)n3)C2)cn1. The molecule has 0 radical (unpaired) electrons. The number of pyridine rings is 1. The molecule has 8 heteroatoms. The Morgan fingerprint density at radius 1 is 1.36 bits per heavy atom. The molecule has 0 bridgehead atoms. The van der Waals surface area contributed by atoms with Crippen molar-refractivity contribution in [2.75, 3.05) is 20.2 Å². The van der Waals surface area contributed by atoms with Crippen molar-refractivity contribution in [3.8, 4) is 17.5 Å². The first-order valence-corrected chi connectivity index (χ1v) is 7.91. The monoisotopic (exact) mass is 340 g/mol. The van der Waals surface area contributed by atoms with Gasteiger partial charge in [0, 0.05) is 31.3 Å². The molecule has 0 saturated carbocycles. The van der Waals surface area contributed by atoms with E-state index in [0.717, 1.165) is 6.42 Å². The summed E-state index contributed by atoms with van der Waals surface area (Å²) in [6, 6.07) is 6.91. The number of ether oxygens (including phenoxy) is 1. The van der Waals surface area contributed by atoms with Gasteiger partial charge in [0.1, 0.15) is 0 Å². The standard InChI is InChI=1S/C17H16N4O4/c1-23-14-5-4-11(9-18-14)17(22)21-7-6-12(10-21)15-19-16(25-20-15)13-3-2-8-24-13/h2-5,8-9,12H,6-7,10H2,1H3/t12-/m0/s1. The van der Waals surface area contributed by atoms with Crippen molar-refractivity contribution in [3.63, 3.8) is 0 Å². The Morgan fingerprint density at radius 3 is 3.00 bits per heavy atom. The average Bonchev–Trinajstić information content (AvgIpc) is 3.41. The van der Waals surface area contributed by atoms with E-state index < -0.39 is 0 Å². The van der Waals surface area contributed by atoms with Crippen LogP contribution >= 0.6 is 0 Å². The Balaban J connectivity index is 1.45. The number of rotatable bonds is 4. The van der Waals surface area contributed by atoms with Crippen LogP contribution in [0.5, 0.6) is 5.88 Å². The Bertz CT molecular complexity index is 857. The summed E-state index contributed by atoms with van der Waals surface area (Å²) >= 11 is 0. The summed E-state index contributed by atoms with van der Waals surface area (Å²) in [6.07, 6.45) is 3.86. The fraction of sp³-hybridized carbons (Fsp3) is 0.294. The number of nitrogens with zero attached hydrogens (tertiary/aromatic N) is 4. The minimum Gasteiger partial charge on any atom is -0.481 e. The number of carbonyl (C=O) groups is 1. The van der Waals surface area contributed by atoms with E-state index in [2.05, 4.69) is 15.1 Å². The number of aromatic nitrogens is 3. The molecule has 25 heavy (non-hydrogen) atoms. The molecule has 0 spiro atoms. The van der Waals surface area contributed by atoms with Crippen molar-refractivity contribution < 1.29 is 18.5 Å². The number of hydrogen-bond acceptors (Lipinski definition) is 7. The first-order chi connectivity index (χ1) is 12.2. The molecule has 4 rings (SSSR count). The molecular weight excluding hydrogens is 324 g/mol. The molecule has 1 fully saturated rings.